The van der Waals surface area contributed by atoms with Crippen molar-refractivity contribution >= 4 is 17.3 Å². The summed E-state index contributed by atoms with van der Waals surface area (Å²) in [6.07, 6.45) is 0. The summed E-state index contributed by atoms with van der Waals surface area (Å²) in [5, 5.41) is 20.8. The Bertz CT molecular complexity index is 612. The topological polar surface area (TPSA) is 65.9 Å². The Morgan fingerprint density at radius 3 is 2.71 bits per heavy atom. The molecule has 5 nitrogen and oxygen atoms in total. The Morgan fingerprint density at radius 1 is 1.25 bits per heavy atom. The molecule has 0 aliphatic heterocycles. The molecule has 0 aliphatic rings. The predicted molar refractivity (Wildman–Crippen MR) is 99.8 cm³/mol. The SMILES string of the molecule is CCNC(=NCC(C)(O)c1ccsc1)NCCOc1ccccc1. The molecule has 1 unspecified atom stereocenters. The third-order valence-electron chi connectivity index (χ3n) is 3.44. The molecule has 0 aliphatic carbocycles. The van der Waals surface area contributed by atoms with Crippen LogP contribution in [0.2, 0.25) is 0 Å². The summed E-state index contributed by atoms with van der Waals surface area (Å²) in [5.41, 5.74) is -0.0809. The first kappa shape index (κ1) is 18.3. The monoisotopic (exact) mass is 347 g/mol. The molecule has 2 aromatic rings. The van der Waals surface area contributed by atoms with Crippen LogP contribution in [0.15, 0.2) is 52.2 Å². The normalized spacial score (nSPS) is 14.0. The lowest BCUT2D eigenvalue weighted by atomic mass is 10.00. The zero-order valence-corrected chi connectivity index (χ0v) is 15.0. The molecule has 3 N–H and O–H groups in total. The van der Waals surface area contributed by atoms with Crippen molar-refractivity contribution in [3.8, 4) is 5.75 Å². The second-order valence-corrected chi connectivity index (χ2v) is 6.35. The van der Waals surface area contributed by atoms with E-state index in [2.05, 4.69) is 15.6 Å². The molecule has 1 heterocycles. The molecule has 1 aromatic heterocycles. The first-order valence-corrected chi connectivity index (χ1v) is 9.01. The lowest BCUT2D eigenvalue weighted by molar-refractivity contribution is 0.0677. The van der Waals surface area contributed by atoms with Gasteiger partial charge in [-0.05, 0) is 48.4 Å². The van der Waals surface area contributed by atoms with Gasteiger partial charge in [-0.1, -0.05) is 18.2 Å². The molecule has 0 radical (unpaired) electrons. The lowest BCUT2D eigenvalue weighted by Crippen LogP contribution is -2.40. The van der Waals surface area contributed by atoms with Gasteiger partial charge < -0.3 is 20.5 Å². The van der Waals surface area contributed by atoms with Gasteiger partial charge in [-0.15, -0.1) is 0 Å². The number of hydrogen-bond acceptors (Lipinski definition) is 4. The van der Waals surface area contributed by atoms with Crippen LogP contribution in [0.25, 0.3) is 0 Å². The van der Waals surface area contributed by atoms with Crippen LogP contribution in [0.1, 0.15) is 19.4 Å². The number of aliphatic imine (C=N–C) groups is 1. The number of benzene rings is 1. The number of hydrogen-bond donors (Lipinski definition) is 3. The zero-order chi connectivity index (χ0) is 17.3. The van der Waals surface area contributed by atoms with E-state index in [4.69, 9.17) is 4.74 Å². The summed E-state index contributed by atoms with van der Waals surface area (Å²) < 4.78 is 5.65. The van der Waals surface area contributed by atoms with Crippen LogP contribution in [0, 0.1) is 0 Å². The molecule has 130 valence electrons. The Morgan fingerprint density at radius 2 is 2.04 bits per heavy atom. The maximum atomic E-state index is 10.5. The van der Waals surface area contributed by atoms with Crippen molar-refractivity contribution in [3.63, 3.8) is 0 Å². The number of thiophene rings is 1. The molecule has 0 amide bonds. The molecule has 0 fully saturated rings. The standard InChI is InChI=1S/C18H25N3O2S/c1-3-19-17(20-10-11-23-16-7-5-4-6-8-16)21-14-18(2,22)15-9-12-24-13-15/h4-9,12-13,22H,3,10-11,14H2,1-2H3,(H2,19,20,21). The van der Waals surface area contributed by atoms with Gasteiger partial charge in [0.1, 0.15) is 18.0 Å². The predicted octanol–water partition coefficient (Wildman–Crippen LogP) is 2.59. The van der Waals surface area contributed by atoms with Crippen LogP contribution in [0.3, 0.4) is 0 Å². The fourth-order valence-corrected chi connectivity index (χ4v) is 2.87. The fraction of sp³-hybridized carbons (Fsp3) is 0.389. The molecule has 0 bridgehead atoms. The van der Waals surface area contributed by atoms with E-state index in [1.165, 1.54) is 0 Å². The number of guanidine groups is 1. The highest BCUT2D eigenvalue weighted by Crippen LogP contribution is 2.23. The van der Waals surface area contributed by atoms with E-state index in [9.17, 15) is 5.11 Å². The average molecular weight is 347 g/mol. The summed E-state index contributed by atoms with van der Waals surface area (Å²) >= 11 is 1.57. The van der Waals surface area contributed by atoms with Crippen LogP contribution in [0.5, 0.6) is 5.75 Å². The fourth-order valence-electron chi connectivity index (χ4n) is 2.09. The number of ether oxygens (including phenoxy) is 1. The first-order chi connectivity index (χ1) is 11.6. The minimum atomic E-state index is -0.969. The van der Waals surface area contributed by atoms with Crippen LogP contribution in [0.4, 0.5) is 0 Å². The van der Waals surface area contributed by atoms with Gasteiger partial charge in [0.25, 0.3) is 0 Å². The molecular weight excluding hydrogens is 322 g/mol. The van der Waals surface area contributed by atoms with Crippen LogP contribution >= 0.6 is 11.3 Å². The van der Waals surface area contributed by atoms with E-state index in [0.717, 1.165) is 17.9 Å². The maximum absolute atomic E-state index is 10.5. The van der Waals surface area contributed by atoms with E-state index in [1.54, 1.807) is 18.3 Å². The van der Waals surface area contributed by atoms with E-state index < -0.39 is 5.60 Å². The van der Waals surface area contributed by atoms with Crippen molar-refractivity contribution in [1.29, 1.82) is 0 Å². The Hall–Kier alpha value is -2.05. The molecule has 1 aromatic carbocycles. The highest BCUT2D eigenvalue weighted by molar-refractivity contribution is 7.08. The highest BCUT2D eigenvalue weighted by Gasteiger charge is 2.23. The van der Waals surface area contributed by atoms with Crippen molar-refractivity contribution in [2.75, 3.05) is 26.2 Å². The summed E-state index contributed by atoms with van der Waals surface area (Å²) in [5.74, 6) is 1.52. The summed E-state index contributed by atoms with van der Waals surface area (Å²) in [4.78, 5) is 4.48. The van der Waals surface area contributed by atoms with Gasteiger partial charge in [0, 0.05) is 6.54 Å². The largest absolute Gasteiger partial charge is 0.492 e. The molecule has 2 rings (SSSR count). The number of nitrogens with one attached hydrogen (secondary N) is 2. The minimum absolute atomic E-state index is 0.290. The summed E-state index contributed by atoms with van der Waals surface area (Å²) in [7, 11) is 0. The van der Waals surface area contributed by atoms with Crippen LogP contribution < -0.4 is 15.4 Å². The third kappa shape index (κ3) is 5.86. The second kappa shape index (κ2) is 9.30. The van der Waals surface area contributed by atoms with Crippen LogP contribution in [-0.4, -0.2) is 37.3 Å². The summed E-state index contributed by atoms with van der Waals surface area (Å²) in [6.45, 7) is 6.00. The summed E-state index contributed by atoms with van der Waals surface area (Å²) in [6, 6.07) is 11.6. The van der Waals surface area contributed by atoms with E-state index in [0.29, 0.717) is 25.7 Å². The van der Waals surface area contributed by atoms with E-state index in [1.807, 2.05) is 54.1 Å². The lowest BCUT2D eigenvalue weighted by Gasteiger charge is -2.21. The van der Waals surface area contributed by atoms with Crippen LogP contribution in [-0.2, 0) is 5.60 Å². The smallest absolute Gasteiger partial charge is 0.191 e. The zero-order valence-electron chi connectivity index (χ0n) is 14.2. The Balaban J connectivity index is 1.82. The molecule has 1 atom stereocenters. The van der Waals surface area contributed by atoms with E-state index >= 15 is 0 Å². The van der Waals surface area contributed by atoms with Crippen molar-refractivity contribution in [2.45, 2.75) is 19.4 Å². The molecule has 6 heteroatoms. The van der Waals surface area contributed by atoms with Crippen molar-refractivity contribution < 1.29 is 9.84 Å². The van der Waals surface area contributed by atoms with Gasteiger partial charge in [0.15, 0.2) is 5.96 Å². The average Bonchev–Trinajstić information content (AvgIpc) is 3.13. The first-order valence-electron chi connectivity index (χ1n) is 8.07. The van der Waals surface area contributed by atoms with Gasteiger partial charge in [-0.3, -0.25) is 0 Å². The molecule has 24 heavy (non-hydrogen) atoms. The third-order valence-corrected chi connectivity index (χ3v) is 4.12. The number of nitrogens with zero attached hydrogens (tertiary/aromatic N) is 1. The molecule has 0 saturated carbocycles. The van der Waals surface area contributed by atoms with Crippen molar-refractivity contribution in [2.24, 2.45) is 4.99 Å². The maximum Gasteiger partial charge on any atom is 0.191 e. The van der Waals surface area contributed by atoms with Crippen molar-refractivity contribution in [3.05, 3.63) is 52.7 Å². The second-order valence-electron chi connectivity index (χ2n) is 5.57. The number of para-hydroxylation sites is 1. The quantitative estimate of drug-likeness (QED) is 0.390. The van der Waals surface area contributed by atoms with Gasteiger partial charge in [0.2, 0.25) is 0 Å². The molecule has 0 saturated heterocycles. The van der Waals surface area contributed by atoms with Gasteiger partial charge in [-0.25, -0.2) is 4.99 Å². The van der Waals surface area contributed by atoms with Gasteiger partial charge in [0.05, 0.1) is 13.1 Å². The Kier molecular flexibility index (Phi) is 7.08. The van der Waals surface area contributed by atoms with Gasteiger partial charge >= 0.3 is 0 Å². The Labute approximate surface area is 147 Å². The number of rotatable bonds is 8. The molecular formula is C18H25N3O2S. The highest BCUT2D eigenvalue weighted by atomic mass is 32.1. The van der Waals surface area contributed by atoms with Gasteiger partial charge in [-0.2, -0.15) is 11.3 Å². The molecule has 0 spiro atoms. The van der Waals surface area contributed by atoms with E-state index in [-0.39, 0.29) is 0 Å². The minimum Gasteiger partial charge on any atom is -0.492 e. The van der Waals surface area contributed by atoms with Crippen molar-refractivity contribution in [1.82, 2.24) is 10.6 Å². The number of aliphatic hydroxyl groups is 1.